The summed E-state index contributed by atoms with van der Waals surface area (Å²) in [6, 6.07) is 0.223. The Labute approximate surface area is 391 Å². The molecule has 4 heterocycles. The van der Waals surface area contributed by atoms with Gasteiger partial charge in [-0.3, -0.25) is 37.4 Å². The number of ether oxygens (including phenoxy) is 1. The van der Waals surface area contributed by atoms with E-state index in [1.165, 1.54) is 12.2 Å². The summed E-state index contributed by atoms with van der Waals surface area (Å²) in [6.45, 7) is -0.535. The van der Waals surface area contributed by atoms with Crippen molar-refractivity contribution in [2.24, 2.45) is 0 Å². The van der Waals surface area contributed by atoms with E-state index in [2.05, 4.69) is 39.4 Å². The molecule has 59 heavy (non-hydrogen) atoms. The number of amides is 4. The molecule has 31 heteroatoms. The number of urea groups is 1. The molecule has 8 atom stereocenters. The Kier molecular flexibility index (Phi) is 27.0. The van der Waals surface area contributed by atoms with Crippen LogP contribution in [0.2, 0.25) is 0 Å². The molecular formula is C28H41Li4N6O17P3S. The van der Waals surface area contributed by atoms with E-state index in [0.29, 0.717) is 37.5 Å². The maximum Gasteiger partial charge on any atom is 1.00 e. The topological polar surface area (TPSA) is 355 Å². The second-order valence-electron chi connectivity index (χ2n) is 12.7. The van der Waals surface area contributed by atoms with Gasteiger partial charge in [-0.2, -0.15) is 11.8 Å². The molecule has 6 N–H and O–H groups in total. The molecule has 0 bridgehead atoms. The van der Waals surface area contributed by atoms with Crippen molar-refractivity contribution >= 4 is 59.2 Å². The van der Waals surface area contributed by atoms with E-state index in [1.54, 1.807) is 0 Å². The maximum absolute atomic E-state index is 12.5. The number of H-pyrrole nitrogens is 1. The molecule has 0 radical (unpaired) electrons. The van der Waals surface area contributed by atoms with Gasteiger partial charge in [-0.05, 0) is 25.7 Å². The molecule has 0 saturated carbocycles. The number of aromatic nitrogens is 2. The fourth-order valence-electron chi connectivity index (χ4n) is 5.94. The van der Waals surface area contributed by atoms with Crippen molar-refractivity contribution in [3.63, 3.8) is 0 Å². The van der Waals surface area contributed by atoms with Crippen molar-refractivity contribution in [1.82, 2.24) is 30.8 Å². The molecule has 3 saturated heterocycles. The van der Waals surface area contributed by atoms with E-state index in [0.717, 1.165) is 35.8 Å². The van der Waals surface area contributed by atoms with E-state index in [1.807, 2.05) is 11.8 Å². The smallest absolute Gasteiger partial charge is 0.790 e. The minimum absolute atomic E-state index is 0. The second-order valence-corrected chi connectivity index (χ2v) is 18.2. The zero-order valence-electron chi connectivity index (χ0n) is 33.1. The third-order valence-corrected chi connectivity index (χ3v) is 13.7. The predicted octanol–water partition coefficient (Wildman–Crippen LogP) is -14.5. The number of carbonyl (C=O) groups is 3. The van der Waals surface area contributed by atoms with Crippen molar-refractivity contribution in [3.8, 4) is 0 Å². The Balaban J connectivity index is 0.00000841. The molecule has 23 nitrogen and oxygen atoms in total. The molecule has 1 aromatic rings. The Bertz CT molecular complexity index is 1840. The number of fused-ring (bicyclic) bond motifs is 1. The van der Waals surface area contributed by atoms with Gasteiger partial charge in [-0.1, -0.05) is 25.0 Å². The average Bonchev–Trinajstić information content (AvgIpc) is 3.74. The number of hydrogen-bond acceptors (Lipinski definition) is 18. The van der Waals surface area contributed by atoms with Gasteiger partial charge in [0.15, 0.2) is 0 Å². The quantitative estimate of drug-likeness (QED) is 0.0272. The first kappa shape index (κ1) is 58.7. The van der Waals surface area contributed by atoms with Crippen LogP contribution in [0.25, 0.3) is 6.08 Å². The van der Waals surface area contributed by atoms with Crippen LogP contribution in [0.3, 0.4) is 0 Å². The molecule has 3 aliphatic heterocycles. The van der Waals surface area contributed by atoms with Crippen LogP contribution < -0.4 is 128 Å². The number of carbonyl (C=O) groups excluding carboxylic acids is 3. The van der Waals surface area contributed by atoms with Gasteiger partial charge in [-0.15, -0.1) is 0 Å². The number of rotatable bonds is 22. The summed E-state index contributed by atoms with van der Waals surface area (Å²) in [5.74, 6) is 0.629. The summed E-state index contributed by atoms with van der Waals surface area (Å²) in [7, 11) is -18.2. The van der Waals surface area contributed by atoms with Gasteiger partial charge in [-0.25, -0.2) is 13.9 Å². The molecule has 8 unspecified atom stereocenters. The van der Waals surface area contributed by atoms with Gasteiger partial charge in [0.1, 0.15) is 12.3 Å². The number of phosphoric acid groups is 3. The van der Waals surface area contributed by atoms with Crippen LogP contribution in [0.1, 0.15) is 69.6 Å². The first-order valence-electron chi connectivity index (χ1n) is 17.1. The number of thioether (sulfide) groups is 1. The molecule has 4 amide bonds. The van der Waals surface area contributed by atoms with Gasteiger partial charge in [0.2, 0.25) is 11.8 Å². The number of aliphatic hydroxyl groups is 1. The Morgan fingerprint density at radius 3 is 2.27 bits per heavy atom. The van der Waals surface area contributed by atoms with Gasteiger partial charge in [0.05, 0.1) is 38.2 Å². The fraction of sp³-hybridized carbons (Fsp3) is 0.679. The zero-order chi connectivity index (χ0) is 40.4. The molecule has 4 rings (SSSR count). The van der Waals surface area contributed by atoms with Gasteiger partial charge in [0, 0.05) is 49.6 Å². The average molecular weight is 886 g/mol. The van der Waals surface area contributed by atoms with Crippen molar-refractivity contribution in [3.05, 3.63) is 38.7 Å². The van der Waals surface area contributed by atoms with E-state index < -0.39 is 59.8 Å². The third-order valence-electron chi connectivity index (χ3n) is 8.50. The van der Waals surface area contributed by atoms with Crippen LogP contribution in [0.15, 0.2) is 21.9 Å². The molecule has 0 aromatic carbocycles. The largest absolute Gasteiger partial charge is 1.00 e. The van der Waals surface area contributed by atoms with Gasteiger partial charge < -0.3 is 59.8 Å². The number of phosphoric ester groups is 1. The van der Waals surface area contributed by atoms with Crippen LogP contribution in [0.5, 0.6) is 0 Å². The van der Waals surface area contributed by atoms with Crippen molar-refractivity contribution in [1.29, 1.82) is 0 Å². The molecule has 0 aliphatic carbocycles. The summed E-state index contributed by atoms with van der Waals surface area (Å²) < 4.78 is 50.7. The Hall–Kier alpha value is -0.300. The first-order chi connectivity index (χ1) is 25.8. The van der Waals surface area contributed by atoms with Crippen molar-refractivity contribution < 1.29 is 146 Å². The number of unbranched alkanes of at least 4 members (excludes halogenated alkanes) is 3. The van der Waals surface area contributed by atoms with Gasteiger partial charge in [0.25, 0.3) is 21.2 Å². The minimum Gasteiger partial charge on any atom is -0.790 e. The Morgan fingerprint density at radius 1 is 0.932 bits per heavy atom. The van der Waals surface area contributed by atoms with E-state index in [4.69, 9.17) is 4.74 Å². The standard InChI is InChI=1S/C28H45N6O17P3S.4Li/c35-19-13-24(49-20(19)15-48-53(44,45)51-54(46,47)50-52(41,42)43)34-14-17(26(38)33-28(34)40)7-6-12-30-22(36)9-2-1-5-11-29-23(37)10-4-3-8-21-25-18(16-55-21)31-27(39)32-25;;;;/h6-7,14,18-21,24-25,35H,1-5,8-13,15-16H2,(H,29,37)(H,30,36)(H,44,45)(H,46,47)(H2,31,32,39)(H,33,38,40)(H2,41,42,43);;;;/q;4*+1/p-4. The zero-order valence-corrected chi connectivity index (χ0v) is 36.6. The van der Waals surface area contributed by atoms with Crippen molar-refractivity contribution in [2.75, 3.05) is 25.4 Å². The molecule has 1 aromatic heterocycles. The van der Waals surface area contributed by atoms with Crippen LogP contribution in [-0.2, 0) is 41.2 Å². The molecule has 3 fully saturated rings. The van der Waals surface area contributed by atoms with E-state index in [9.17, 15) is 62.3 Å². The number of aliphatic hydroxyl groups excluding tert-OH is 1. The first-order valence-corrected chi connectivity index (χ1v) is 22.5. The molecule has 310 valence electrons. The van der Waals surface area contributed by atoms with Gasteiger partial charge >= 0.3 is 87.2 Å². The van der Waals surface area contributed by atoms with E-state index >= 15 is 0 Å². The number of nitrogens with zero attached hydrogens (tertiary/aromatic N) is 1. The predicted molar refractivity (Wildman–Crippen MR) is 184 cm³/mol. The monoisotopic (exact) mass is 886 g/mol. The van der Waals surface area contributed by atoms with Crippen LogP contribution >= 0.6 is 35.2 Å². The van der Waals surface area contributed by atoms with Crippen LogP contribution in [0.4, 0.5) is 4.79 Å². The number of hydrogen-bond donors (Lipinski definition) is 6. The summed E-state index contributed by atoms with van der Waals surface area (Å²) in [4.78, 5) is 107. The van der Waals surface area contributed by atoms with Crippen molar-refractivity contribution in [2.45, 2.75) is 93.6 Å². The molecule has 0 spiro atoms. The summed E-state index contributed by atoms with van der Waals surface area (Å²) >= 11 is 1.84. The minimum atomic E-state index is -6.20. The van der Waals surface area contributed by atoms with E-state index in [-0.39, 0.29) is 130 Å². The third kappa shape index (κ3) is 20.4. The number of nitrogens with one attached hydrogen (secondary N) is 5. The maximum atomic E-state index is 12.5. The van der Waals surface area contributed by atoms with Crippen LogP contribution in [-0.4, -0.2) is 87.5 Å². The normalized spacial score (nSPS) is 24.1. The fourth-order valence-corrected chi connectivity index (χ4v) is 10.4. The molecular weight excluding hydrogens is 845 g/mol. The summed E-state index contributed by atoms with van der Waals surface area (Å²) in [6.07, 6.45) is 4.55. The Morgan fingerprint density at radius 2 is 1.59 bits per heavy atom. The molecule has 3 aliphatic rings. The number of aromatic amines is 1. The SMILES string of the molecule is O=C(CCCCCNC(=O)CCCCC1SCC2NC(=O)NC21)NCC=Cc1cn(C2CC(O)C(COP(=O)([O-])OP(=O)([O-])OP(=O)([O-])[O-])O2)c(=O)[nH]c1=O.[Li+].[Li+].[Li+].[Li+]. The second kappa shape index (κ2) is 27.1. The summed E-state index contributed by atoms with van der Waals surface area (Å²) in [5.41, 5.74) is -1.79. The van der Waals surface area contributed by atoms with Crippen LogP contribution in [0, 0.1) is 0 Å². The summed E-state index contributed by atoms with van der Waals surface area (Å²) in [5, 5.41) is 22.1.